The highest BCUT2D eigenvalue weighted by Crippen LogP contribution is 2.27. The molecule has 0 N–H and O–H groups in total. The first-order valence-electron chi connectivity index (χ1n) is 8.41. The van der Waals surface area contributed by atoms with Crippen molar-refractivity contribution in [3.05, 3.63) is 11.7 Å². The summed E-state index contributed by atoms with van der Waals surface area (Å²) in [5.74, 6) is 2.21. The first kappa shape index (κ1) is 15.0. The van der Waals surface area contributed by atoms with Gasteiger partial charge in [0.25, 0.3) is 0 Å². The van der Waals surface area contributed by atoms with Gasteiger partial charge in [-0.05, 0) is 32.2 Å². The number of hydrogen-bond acceptors (Lipinski definition) is 5. The predicted octanol–water partition coefficient (Wildman–Crippen LogP) is 2.12. The zero-order valence-electron chi connectivity index (χ0n) is 13.6. The molecular weight excluding hydrogens is 264 g/mol. The zero-order chi connectivity index (χ0) is 14.8. The SMILES string of the molecule is Cc1noc(CCN2CC3CCCCN3CC2C(C)C)n1. The van der Waals surface area contributed by atoms with Crippen LogP contribution in [0, 0.1) is 12.8 Å². The standard InChI is InChI=1S/C16H28N4O/c1-12(2)15-11-19-8-5-4-6-14(19)10-20(15)9-7-16-17-13(3)18-21-16/h12,14-15H,4-11H2,1-3H3. The number of piperidine rings is 1. The Morgan fingerprint density at radius 3 is 2.86 bits per heavy atom. The molecule has 3 rings (SSSR count). The van der Waals surface area contributed by atoms with E-state index in [1.807, 2.05) is 6.92 Å². The van der Waals surface area contributed by atoms with E-state index >= 15 is 0 Å². The minimum atomic E-state index is 0.656. The number of aromatic nitrogens is 2. The van der Waals surface area contributed by atoms with Crippen molar-refractivity contribution in [1.82, 2.24) is 19.9 Å². The average Bonchev–Trinajstić information content (AvgIpc) is 2.89. The molecule has 1 aromatic rings. The predicted molar refractivity (Wildman–Crippen MR) is 82.2 cm³/mol. The van der Waals surface area contributed by atoms with E-state index in [9.17, 15) is 0 Å². The van der Waals surface area contributed by atoms with E-state index in [2.05, 4.69) is 33.8 Å². The topological polar surface area (TPSA) is 45.4 Å². The Balaban J connectivity index is 1.63. The number of fused-ring (bicyclic) bond motifs is 1. The van der Waals surface area contributed by atoms with Crippen LogP contribution in [-0.4, -0.2) is 58.2 Å². The van der Waals surface area contributed by atoms with Gasteiger partial charge in [0.05, 0.1) is 0 Å². The second kappa shape index (κ2) is 6.44. The first-order valence-corrected chi connectivity index (χ1v) is 8.41. The Morgan fingerprint density at radius 1 is 1.29 bits per heavy atom. The molecule has 2 saturated heterocycles. The van der Waals surface area contributed by atoms with Crippen LogP contribution in [0.2, 0.25) is 0 Å². The monoisotopic (exact) mass is 292 g/mol. The molecule has 2 atom stereocenters. The molecule has 1 aromatic heterocycles. The van der Waals surface area contributed by atoms with Gasteiger partial charge in [-0.3, -0.25) is 9.80 Å². The summed E-state index contributed by atoms with van der Waals surface area (Å²) in [4.78, 5) is 9.72. The van der Waals surface area contributed by atoms with Crippen LogP contribution in [0.5, 0.6) is 0 Å². The maximum atomic E-state index is 5.26. The Hall–Kier alpha value is -0.940. The van der Waals surface area contributed by atoms with Gasteiger partial charge in [-0.15, -0.1) is 0 Å². The minimum absolute atomic E-state index is 0.656. The Morgan fingerprint density at radius 2 is 2.14 bits per heavy atom. The second-order valence-electron chi connectivity index (χ2n) is 6.94. The summed E-state index contributed by atoms with van der Waals surface area (Å²) >= 11 is 0. The van der Waals surface area contributed by atoms with Crippen molar-refractivity contribution in [2.24, 2.45) is 5.92 Å². The van der Waals surface area contributed by atoms with Crippen LogP contribution < -0.4 is 0 Å². The smallest absolute Gasteiger partial charge is 0.227 e. The lowest BCUT2D eigenvalue weighted by atomic mass is 9.92. The highest BCUT2D eigenvalue weighted by atomic mass is 16.5. The summed E-state index contributed by atoms with van der Waals surface area (Å²) in [6.45, 7) is 11.3. The van der Waals surface area contributed by atoms with Gasteiger partial charge < -0.3 is 4.52 Å². The van der Waals surface area contributed by atoms with Crippen molar-refractivity contribution < 1.29 is 4.52 Å². The van der Waals surface area contributed by atoms with E-state index in [1.165, 1.54) is 38.9 Å². The minimum Gasteiger partial charge on any atom is -0.339 e. The molecule has 0 aromatic carbocycles. The molecular formula is C16H28N4O. The van der Waals surface area contributed by atoms with E-state index < -0.39 is 0 Å². The maximum absolute atomic E-state index is 5.26. The highest BCUT2D eigenvalue weighted by molar-refractivity contribution is 4.93. The van der Waals surface area contributed by atoms with Gasteiger partial charge in [0.1, 0.15) is 0 Å². The summed E-state index contributed by atoms with van der Waals surface area (Å²) in [6, 6.07) is 1.42. The van der Waals surface area contributed by atoms with Crippen LogP contribution in [0.25, 0.3) is 0 Å². The van der Waals surface area contributed by atoms with E-state index in [0.29, 0.717) is 12.0 Å². The summed E-state index contributed by atoms with van der Waals surface area (Å²) in [7, 11) is 0. The Kier molecular flexibility index (Phi) is 4.60. The van der Waals surface area contributed by atoms with Gasteiger partial charge in [0, 0.05) is 38.1 Å². The van der Waals surface area contributed by atoms with Crippen molar-refractivity contribution in [2.45, 2.75) is 58.5 Å². The maximum Gasteiger partial charge on any atom is 0.227 e. The number of piperazine rings is 1. The summed E-state index contributed by atoms with van der Waals surface area (Å²) in [5.41, 5.74) is 0. The van der Waals surface area contributed by atoms with E-state index in [4.69, 9.17) is 4.52 Å². The molecule has 0 amide bonds. The Bertz CT molecular complexity index is 459. The van der Waals surface area contributed by atoms with Crippen LogP contribution in [0.15, 0.2) is 4.52 Å². The van der Waals surface area contributed by atoms with Gasteiger partial charge >= 0.3 is 0 Å². The van der Waals surface area contributed by atoms with Gasteiger partial charge in [-0.2, -0.15) is 4.98 Å². The molecule has 2 unspecified atom stereocenters. The third kappa shape index (κ3) is 3.46. The molecule has 2 fully saturated rings. The Labute approximate surface area is 127 Å². The van der Waals surface area contributed by atoms with E-state index in [0.717, 1.165) is 30.7 Å². The van der Waals surface area contributed by atoms with Crippen molar-refractivity contribution in [2.75, 3.05) is 26.2 Å². The first-order chi connectivity index (χ1) is 10.1. The number of nitrogens with zero attached hydrogens (tertiary/aromatic N) is 4. The third-order valence-corrected chi connectivity index (χ3v) is 5.04. The lowest BCUT2D eigenvalue weighted by Crippen LogP contribution is -2.61. The molecule has 0 radical (unpaired) electrons. The van der Waals surface area contributed by atoms with E-state index in [1.54, 1.807) is 0 Å². The average molecular weight is 292 g/mol. The van der Waals surface area contributed by atoms with Crippen molar-refractivity contribution in [3.63, 3.8) is 0 Å². The lowest BCUT2D eigenvalue weighted by molar-refractivity contribution is -0.00755. The third-order valence-electron chi connectivity index (χ3n) is 5.04. The fourth-order valence-electron chi connectivity index (χ4n) is 3.84. The molecule has 0 bridgehead atoms. The van der Waals surface area contributed by atoms with Crippen molar-refractivity contribution >= 4 is 0 Å². The van der Waals surface area contributed by atoms with Gasteiger partial charge in [-0.25, -0.2) is 0 Å². The zero-order valence-corrected chi connectivity index (χ0v) is 13.6. The summed E-state index contributed by atoms with van der Waals surface area (Å²) in [5, 5.41) is 3.89. The molecule has 0 spiro atoms. The van der Waals surface area contributed by atoms with Gasteiger partial charge in [-0.1, -0.05) is 25.4 Å². The lowest BCUT2D eigenvalue weighted by Gasteiger charge is -2.49. The van der Waals surface area contributed by atoms with Crippen molar-refractivity contribution in [3.8, 4) is 0 Å². The van der Waals surface area contributed by atoms with Gasteiger partial charge in [0.2, 0.25) is 5.89 Å². The normalized spacial score (nSPS) is 28.0. The van der Waals surface area contributed by atoms with Crippen molar-refractivity contribution in [1.29, 1.82) is 0 Å². The molecule has 21 heavy (non-hydrogen) atoms. The highest BCUT2D eigenvalue weighted by Gasteiger charge is 2.36. The van der Waals surface area contributed by atoms with Gasteiger partial charge in [0.15, 0.2) is 5.82 Å². The summed E-state index contributed by atoms with van der Waals surface area (Å²) in [6.07, 6.45) is 5.00. The molecule has 3 heterocycles. The van der Waals surface area contributed by atoms with Crippen LogP contribution in [0.3, 0.4) is 0 Å². The molecule has 2 aliphatic heterocycles. The second-order valence-corrected chi connectivity index (χ2v) is 6.94. The fraction of sp³-hybridized carbons (Fsp3) is 0.875. The molecule has 118 valence electrons. The number of aryl methyl sites for hydroxylation is 1. The van der Waals surface area contributed by atoms with Crippen LogP contribution in [-0.2, 0) is 6.42 Å². The molecule has 0 aliphatic carbocycles. The molecule has 0 saturated carbocycles. The van der Waals surface area contributed by atoms with Crippen LogP contribution in [0.4, 0.5) is 0 Å². The number of rotatable bonds is 4. The molecule has 5 heteroatoms. The van der Waals surface area contributed by atoms with Crippen LogP contribution >= 0.6 is 0 Å². The largest absolute Gasteiger partial charge is 0.339 e. The fourth-order valence-corrected chi connectivity index (χ4v) is 3.84. The van der Waals surface area contributed by atoms with Crippen LogP contribution in [0.1, 0.15) is 44.8 Å². The number of hydrogen-bond donors (Lipinski definition) is 0. The van der Waals surface area contributed by atoms with E-state index in [-0.39, 0.29) is 0 Å². The molecule has 5 nitrogen and oxygen atoms in total. The summed E-state index contributed by atoms with van der Waals surface area (Å²) < 4.78 is 5.26. The molecule has 2 aliphatic rings. The quantitative estimate of drug-likeness (QED) is 0.850.